The molecule has 172 valence electrons. The fourth-order valence-corrected chi connectivity index (χ4v) is 4.73. The standard InChI is InChI=1S/C24H21ClF2N2O4/c1-32-16-8-7-13(23(29)31)18(22(16)27)20-19-14(10-30)24(11-28,12-5-3-2-4-6-12)33-17(19)9-15(26)21(20)25/h2-9,14,30H,10-11,28H2,1H3,(H2,29,31)/t14-,24+/m0/s1. The summed E-state index contributed by atoms with van der Waals surface area (Å²) in [7, 11) is 1.25. The molecule has 33 heavy (non-hydrogen) atoms. The monoisotopic (exact) mass is 474 g/mol. The Hall–Kier alpha value is -3.20. The van der Waals surface area contributed by atoms with Crippen LogP contribution >= 0.6 is 11.6 Å². The van der Waals surface area contributed by atoms with Crippen LogP contribution in [0.1, 0.15) is 27.4 Å². The number of aliphatic hydroxyl groups excluding tert-OH is 1. The molecular weight excluding hydrogens is 454 g/mol. The summed E-state index contributed by atoms with van der Waals surface area (Å²) in [4.78, 5) is 12.2. The van der Waals surface area contributed by atoms with Gasteiger partial charge in [-0.1, -0.05) is 41.9 Å². The predicted molar refractivity (Wildman–Crippen MR) is 120 cm³/mol. The lowest BCUT2D eigenvalue weighted by Crippen LogP contribution is -2.44. The van der Waals surface area contributed by atoms with Crippen LogP contribution in [0.5, 0.6) is 11.5 Å². The molecule has 0 spiro atoms. The summed E-state index contributed by atoms with van der Waals surface area (Å²) in [6.45, 7) is -0.565. The van der Waals surface area contributed by atoms with Crippen molar-refractivity contribution in [2.24, 2.45) is 11.5 Å². The van der Waals surface area contributed by atoms with Gasteiger partial charge in [0.05, 0.1) is 30.2 Å². The molecular formula is C24H21ClF2N2O4. The van der Waals surface area contributed by atoms with Gasteiger partial charge in [-0.3, -0.25) is 4.79 Å². The molecule has 6 nitrogen and oxygen atoms in total. The van der Waals surface area contributed by atoms with E-state index in [-0.39, 0.29) is 40.3 Å². The molecule has 1 aliphatic rings. The molecule has 5 N–H and O–H groups in total. The Morgan fingerprint density at radius 2 is 1.91 bits per heavy atom. The highest BCUT2D eigenvalue weighted by Gasteiger charge is 2.51. The van der Waals surface area contributed by atoms with Crippen LogP contribution in [0.4, 0.5) is 8.78 Å². The summed E-state index contributed by atoms with van der Waals surface area (Å²) < 4.78 is 41.8. The first-order valence-corrected chi connectivity index (χ1v) is 10.4. The first-order valence-electron chi connectivity index (χ1n) is 10.0. The first-order chi connectivity index (χ1) is 15.8. The number of hydrogen-bond donors (Lipinski definition) is 3. The molecule has 0 unspecified atom stereocenters. The Kier molecular flexibility index (Phi) is 6.00. The molecule has 1 aliphatic heterocycles. The summed E-state index contributed by atoms with van der Waals surface area (Å²) in [6, 6.07) is 12.4. The van der Waals surface area contributed by atoms with E-state index >= 15 is 4.39 Å². The molecule has 3 aromatic carbocycles. The Morgan fingerprint density at radius 1 is 1.21 bits per heavy atom. The Labute approximate surface area is 193 Å². The Balaban J connectivity index is 2.10. The number of ether oxygens (including phenoxy) is 2. The molecule has 3 aromatic rings. The molecule has 1 heterocycles. The maximum atomic E-state index is 15.5. The van der Waals surface area contributed by atoms with Crippen molar-refractivity contribution in [3.63, 3.8) is 0 Å². The number of amides is 1. The topological polar surface area (TPSA) is 108 Å². The van der Waals surface area contributed by atoms with Crippen LogP contribution < -0.4 is 20.9 Å². The smallest absolute Gasteiger partial charge is 0.249 e. The summed E-state index contributed by atoms with van der Waals surface area (Å²) in [6.07, 6.45) is 0. The van der Waals surface area contributed by atoms with Crippen molar-refractivity contribution in [2.45, 2.75) is 11.5 Å². The van der Waals surface area contributed by atoms with Gasteiger partial charge < -0.3 is 26.0 Å². The number of rotatable bonds is 6. The number of halogens is 3. The summed E-state index contributed by atoms with van der Waals surface area (Å²) in [5, 5.41) is 9.99. The zero-order chi connectivity index (χ0) is 23.9. The van der Waals surface area contributed by atoms with Crippen LogP contribution in [0.2, 0.25) is 5.02 Å². The van der Waals surface area contributed by atoms with E-state index < -0.39 is 40.7 Å². The lowest BCUT2D eigenvalue weighted by atomic mass is 9.77. The summed E-state index contributed by atoms with van der Waals surface area (Å²) >= 11 is 6.36. The van der Waals surface area contributed by atoms with E-state index in [2.05, 4.69) is 0 Å². The molecule has 0 saturated heterocycles. The average molecular weight is 475 g/mol. The summed E-state index contributed by atoms with van der Waals surface area (Å²) in [5.74, 6) is -3.84. The normalized spacial score (nSPS) is 19.2. The molecule has 0 saturated carbocycles. The quantitative estimate of drug-likeness (QED) is 0.504. The molecule has 0 fully saturated rings. The van der Waals surface area contributed by atoms with E-state index in [4.69, 9.17) is 32.5 Å². The molecule has 2 atom stereocenters. The van der Waals surface area contributed by atoms with E-state index in [1.54, 1.807) is 30.3 Å². The maximum Gasteiger partial charge on any atom is 0.249 e. The van der Waals surface area contributed by atoms with Gasteiger partial charge in [-0.15, -0.1) is 0 Å². The zero-order valence-electron chi connectivity index (χ0n) is 17.6. The highest BCUT2D eigenvalue weighted by Crippen LogP contribution is 2.56. The van der Waals surface area contributed by atoms with Gasteiger partial charge in [0.15, 0.2) is 17.2 Å². The van der Waals surface area contributed by atoms with Gasteiger partial charge in [-0.25, -0.2) is 8.78 Å². The minimum Gasteiger partial charge on any atom is -0.494 e. The predicted octanol–water partition coefficient (Wildman–Crippen LogP) is 3.72. The number of hydrogen-bond acceptors (Lipinski definition) is 5. The van der Waals surface area contributed by atoms with Crippen LogP contribution in [-0.4, -0.2) is 31.3 Å². The van der Waals surface area contributed by atoms with Crippen molar-refractivity contribution in [1.82, 2.24) is 0 Å². The third-order valence-electron chi connectivity index (χ3n) is 6.02. The van der Waals surface area contributed by atoms with Crippen molar-refractivity contribution in [3.05, 3.63) is 81.9 Å². The van der Waals surface area contributed by atoms with Crippen LogP contribution in [-0.2, 0) is 5.60 Å². The van der Waals surface area contributed by atoms with Gasteiger partial charge in [-0.2, -0.15) is 0 Å². The van der Waals surface area contributed by atoms with E-state index in [1.165, 1.54) is 19.2 Å². The fourth-order valence-electron chi connectivity index (χ4n) is 4.48. The van der Waals surface area contributed by atoms with Gasteiger partial charge in [0.1, 0.15) is 11.6 Å². The first kappa shape index (κ1) is 23.0. The number of benzene rings is 3. The third kappa shape index (κ3) is 3.42. The number of nitrogens with two attached hydrogens (primary N) is 2. The molecule has 4 rings (SSSR count). The molecule has 1 amide bonds. The molecule has 9 heteroatoms. The molecule has 0 aliphatic carbocycles. The van der Waals surface area contributed by atoms with Gasteiger partial charge >= 0.3 is 0 Å². The lowest BCUT2D eigenvalue weighted by molar-refractivity contribution is 0.0507. The molecule has 0 aromatic heterocycles. The molecule has 0 radical (unpaired) electrons. The fraction of sp³-hybridized carbons (Fsp3) is 0.208. The van der Waals surface area contributed by atoms with Gasteiger partial charge in [0, 0.05) is 29.3 Å². The highest BCUT2D eigenvalue weighted by atomic mass is 35.5. The zero-order valence-corrected chi connectivity index (χ0v) is 18.3. The maximum absolute atomic E-state index is 15.5. The van der Waals surface area contributed by atoms with E-state index in [0.717, 1.165) is 6.07 Å². The van der Waals surface area contributed by atoms with Crippen molar-refractivity contribution in [2.75, 3.05) is 20.3 Å². The Bertz CT molecular complexity index is 1240. The lowest BCUT2D eigenvalue weighted by Gasteiger charge is -2.33. The Morgan fingerprint density at radius 3 is 2.48 bits per heavy atom. The van der Waals surface area contributed by atoms with Crippen molar-refractivity contribution in [1.29, 1.82) is 0 Å². The van der Waals surface area contributed by atoms with Crippen molar-refractivity contribution >= 4 is 17.5 Å². The second-order valence-corrected chi connectivity index (χ2v) is 8.00. The third-order valence-corrected chi connectivity index (χ3v) is 6.38. The number of fused-ring (bicyclic) bond motifs is 1. The van der Waals surface area contributed by atoms with Crippen LogP contribution in [0.3, 0.4) is 0 Å². The highest BCUT2D eigenvalue weighted by molar-refractivity contribution is 6.34. The molecule has 0 bridgehead atoms. The minimum atomic E-state index is -1.29. The van der Waals surface area contributed by atoms with E-state index in [1.807, 2.05) is 0 Å². The second kappa shape index (κ2) is 8.62. The number of primary amides is 1. The number of carbonyl (C=O) groups is 1. The van der Waals surface area contributed by atoms with E-state index in [9.17, 15) is 14.3 Å². The van der Waals surface area contributed by atoms with Crippen molar-refractivity contribution < 1.29 is 28.2 Å². The van der Waals surface area contributed by atoms with Gasteiger partial charge in [-0.05, 0) is 17.7 Å². The largest absolute Gasteiger partial charge is 0.494 e. The van der Waals surface area contributed by atoms with Gasteiger partial charge in [0.25, 0.3) is 0 Å². The number of carbonyl (C=O) groups excluding carboxylic acids is 1. The van der Waals surface area contributed by atoms with E-state index in [0.29, 0.717) is 5.56 Å². The minimum absolute atomic E-state index is 0.0258. The number of methoxy groups -OCH3 is 1. The average Bonchev–Trinajstić information content (AvgIpc) is 3.14. The SMILES string of the molecule is COc1ccc(C(N)=O)c(-c2c(Cl)c(F)cc3c2[C@H](CO)[C@@](CN)(c2ccccc2)O3)c1F. The van der Waals surface area contributed by atoms with Gasteiger partial charge in [0.2, 0.25) is 5.91 Å². The second-order valence-electron chi connectivity index (χ2n) is 7.62. The van der Waals surface area contributed by atoms with Crippen LogP contribution in [0.25, 0.3) is 11.1 Å². The summed E-state index contributed by atoms with van der Waals surface area (Å²) in [5.41, 5.74) is 10.5. The number of aliphatic hydroxyl groups is 1. The van der Waals surface area contributed by atoms with Crippen LogP contribution in [0.15, 0.2) is 48.5 Å². The van der Waals surface area contributed by atoms with Crippen molar-refractivity contribution in [3.8, 4) is 22.6 Å². The van der Waals surface area contributed by atoms with Crippen LogP contribution in [0, 0.1) is 11.6 Å².